The predicted octanol–water partition coefficient (Wildman–Crippen LogP) is -3.02. The van der Waals surface area contributed by atoms with Crippen molar-refractivity contribution in [3.63, 3.8) is 0 Å². The van der Waals surface area contributed by atoms with E-state index in [0.29, 0.717) is 0 Å². The summed E-state index contributed by atoms with van der Waals surface area (Å²) >= 11 is 0. The van der Waals surface area contributed by atoms with Gasteiger partial charge in [-0.1, -0.05) is 5.11 Å². The minimum absolute atomic E-state index is 0.0400. The molecule has 1 aromatic rings. The summed E-state index contributed by atoms with van der Waals surface area (Å²) in [6.07, 6.45) is -8.86. The Morgan fingerprint density at radius 2 is 2.10 bits per heavy atom. The highest BCUT2D eigenvalue weighted by Crippen LogP contribution is 2.36. The minimum Gasteiger partial charge on any atom is -0.477 e. The van der Waals surface area contributed by atoms with Crippen molar-refractivity contribution in [1.82, 2.24) is 14.9 Å². The number of nitrogens with zero attached hydrogens (tertiary/aromatic N) is 4. The van der Waals surface area contributed by atoms with Crippen LogP contribution in [0.4, 0.5) is 0 Å². The molecule has 2 aliphatic heterocycles. The molecular weight excluding hydrogens is 528 g/mol. The van der Waals surface area contributed by atoms with E-state index in [0.717, 1.165) is 11.5 Å². The molecule has 2 aliphatic rings. The maximum atomic E-state index is 12.3. The highest BCUT2D eigenvalue weighted by Gasteiger charge is 2.56. The van der Waals surface area contributed by atoms with Crippen molar-refractivity contribution in [3.8, 4) is 0 Å². The summed E-state index contributed by atoms with van der Waals surface area (Å²) < 4.78 is 18.0. The van der Waals surface area contributed by atoms with Crippen LogP contribution in [0.2, 0.25) is 0 Å². The summed E-state index contributed by atoms with van der Waals surface area (Å²) in [4.78, 5) is 52.8. The quantitative estimate of drug-likeness (QED) is 0.0858. The van der Waals surface area contributed by atoms with E-state index in [1.807, 2.05) is 0 Å². The lowest BCUT2D eigenvalue weighted by molar-refractivity contribution is -0.316. The lowest BCUT2D eigenvalue weighted by atomic mass is 9.88. The largest absolute Gasteiger partial charge is 0.477 e. The first-order chi connectivity index (χ1) is 18.3. The Labute approximate surface area is 219 Å². The first-order valence-corrected chi connectivity index (χ1v) is 11.8. The average Bonchev–Trinajstić information content (AvgIpc) is 3.27. The normalized spacial score (nSPS) is 32.2. The summed E-state index contributed by atoms with van der Waals surface area (Å²) in [6.45, 7) is 1.02. The van der Waals surface area contributed by atoms with Gasteiger partial charge in [-0.05, 0) is 12.5 Å². The van der Waals surface area contributed by atoms with Gasteiger partial charge in [0.25, 0.3) is 11.3 Å². The fourth-order valence-electron chi connectivity index (χ4n) is 4.52. The molecule has 0 aromatic carbocycles. The van der Waals surface area contributed by atoms with Crippen LogP contribution in [0.1, 0.15) is 31.6 Å². The summed E-state index contributed by atoms with van der Waals surface area (Å²) in [5.74, 6) is -5.03. The monoisotopic (exact) mass is 558 g/mol. The zero-order valence-electron chi connectivity index (χ0n) is 20.9. The van der Waals surface area contributed by atoms with Crippen molar-refractivity contribution in [2.24, 2.45) is 5.11 Å². The molecule has 216 valence electrons. The van der Waals surface area contributed by atoms with Crippen molar-refractivity contribution < 1.29 is 49.3 Å². The number of azide groups is 1. The topological polar surface area (TPSA) is 279 Å². The molecule has 2 fully saturated rings. The Morgan fingerprint density at radius 1 is 1.41 bits per heavy atom. The van der Waals surface area contributed by atoms with Crippen LogP contribution in [0.5, 0.6) is 0 Å². The third-order valence-corrected chi connectivity index (χ3v) is 6.53. The van der Waals surface area contributed by atoms with Crippen molar-refractivity contribution in [1.29, 1.82) is 0 Å². The summed E-state index contributed by atoms with van der Waals surface area (Å²) in [5.41, 5.74) is 7.80. The number of nitrogens with one attached hydrogen (secondary N) is 2. The van der Waals surface area contributed by atoms with Gasteiger partial charge in [0, 0.05) is 36.4 Å². The van der Waals surface area contributed by atoms with Gasteiger partial charge in [0.15, 0.2) is 0 Å². The zero-order valence-corrected chi connectivity index (χ0v) is 20.9. The maximum absolute atomic E-state index is 12.3. The fraction of sp³-hybridized carbons (Fsp3) is 0.714. The van der Waals surface area contributed by atoms with Crippen molar-refractivity contribution >= 4 is 11.9 Å². The Kier molecular flexibility index (Phi) is 9.47. The molecule has 0 unspecified atom stereocenters. The molecular formula is C21H30N6O12. The first kappa shape index (κ1) is 30.2. The molecule has 3 rings (SSSR count). The predicted molar refractivity (Wildman–Crippen MR) is 126 cm³/mol. The zero-order chi connectivity index (χ0) is 29.1. The van der Waals surface area contributed by atoms with Gasteiger partial charge in [0.1, 0.15) is 24.5 Å². The highest BCUT2D eigenvalue weighted by molar-refractivity contribution is 5.76. The van der Waals surface area contributed by atoms with Crippen LogP contribution in [0, 0.1) is 6.92 Å². The number of aromatic amines is 1. The van der Waals surface area contributed by atoms with Gasteiger partial charge in [-0.25, -0.2) is 9.59 Å². The minimum atomic E-state index is -2.64. The molecule has 3 heterocycles. The SMILES string of the molecule is CC(=O)N[C@H]1[C@H]([C@@H](O)[C@H](O)CO)O[C@](OC[C@H]2O[C@@H](n3cc(C)c(=O)[nH]c3=O)C[C@@H]2N=[N+]=[N-])(C(=O)O)C[C@@H]1O. The average molecular weight is 559 g/mol. The van der Waals surface area contributed by atoms with Gasteiger partial charge in [0.2, 0.25) is 5.91 Å². The molecule has 2 saturated heterocycles. The number of carboxylic acids is 1. The maximum Gasteiger partial charge on any atom is 0.364 e. The highest BCUT2D eigenvalue weighted by atomic mass is 16.7. The number of H-pyrrole nitrogens is 1. The second-order valence-electron chi connectivity index (χ2n) is 9.31. The van der Waals surface area contributed by atoms with Crippen LogP contribution < -0.4 is 16.6 Å². The van der Waals surface area contributed by atoms with E-state index in [1.54, 1.807) is 0 Å². The number of carbonyl (C=O) groups is 2. The van der Waals surface area contributed by atoms with Gasteiger partial charge in [-0.15, -0.1) is 0 Å². The molecule has 0 saturated carbocycles. The molecule has 39 heavy (non-hydrogen) atoms. The number of hydrogen-bond acceptors (Lipinski definition) is 12. The van der Waals surface area contributed by atoms with E-state index in [2.05, 4.69) is 20.3 Å². The summed E-state index contributed by atoms with van der Waals surface area (Å²) in [5, 5.41) is 56.3. The van der Waals surface area contributed by atoms with Crippen LogP contribution in [-0.2, 0) is 23.8 Å². The number of aryl methyl sites for hydroxylation is 1. The molecule has 1 aromatic heterocycles. The molecule has 0 bridgehead atoms. The summed E-state index contributed by atoms with van der Waals surface area (Å²) in [7, 11) is 0. The molecule has 0 aliphatic carbocycles. The number of rotatable bonds is 10. The van der Waals surface area contributed by atoms with E-state index < -0.39 is 97.4 Å². The van der Waals surface area contributed by atoms with Crippen molar-refractivity contribution in [3.05, 3.63) is 43.0 Å². The standard InChI is InChI=1S/C21H30N6O12/c1-8-5-27(20(36)24-18(8)33)14-3-10(25-26-22)13(38-14)7-37-21(19(34)35)4-11(30)15(23-9(2)29)17(39-21)16(32)12(31)6-28/h5,10-17,28,30-32H,3-4,6-7H2,1-2H3,(H,23,29)(H,34,35)(H,24,33,36)/t10-,11-,12+,13+,14+,15+,16-,17+,21-/m0/s1. The lowest BCUT2D eigenvalue weighted by Gasteiger charge is -2.46. The van der Waals surface area contributed by atoms with Gasteiger partial charge in [-0.2, -0.15) is 0 Å². The Morgan fingerprint density at radius 3 is 2.69 bits per heavy atom. The molecule has 18 heteroatoms. The number of carbonyl (C=O) groups excluding carboxylic acids is 1. The summed E-state index contributed by atoms with van der Waals surface area (Å²) in [6, 6.07) is -2.34. The van der Waals surface area contributed by atoms with Gasteiger partial charge in [0.05, 0.1) is 37.5 Å². The third-order valence-electron chi connectivity index (χ3n) is 6.53. The molecule has 0 spiro atoms. The van der Waals surface area contributed by atoms with E-state index in [1.165, 1.54) is 13.1 Å². The van der Waals surface area contributed by atoms with Crippen LogP contribution in [0.15, 0.2) is 20.9 Å². The molecule has 1 amide bonds. The van der Waals surface area contributed by atoms with Gasteiger partial charge < -0.3 is 45.1 Å². The Balaban J connectivity index is 1.87. The number of ether oxygens (including phenoxy) is 3. The van der Waals surface area contributed by atoms with Crippen LogP contribution in [0.3, 0.4) is 0 Å². The second kappa shape index (κ2) is 12.2. The molecule has 7 N–H and O–H groups in total. The van der Waals surface area contributed by atoms with Crippen LogP contribution in [0.25, 0.3) is 10.4 Å². The van der Waals surface area contributed by atoms with E-state index in [-0.39, 0.29) is 12.0 Å². The smallest absolute Gasteiger partial charge is 0.364 e. The number of aliphatic hydroxyl groups is 4. The molecule has 9 atom stereocenters. The van der Waals surface area contributed by atoms with E-state index >= 15 is 0 Å². The number of hydrogen-bond donors (Lipinski definition) is 7. The lowest BCUT2D eigenvalue weighted by Crippen LogP contribution is -2.68. The second-order valence-corrected chi connectivity index (χ2v) is 9.31. The number of aliphatic hydroxyl groups excluding tert-OH is 4. The first-order valence-electron chi connectivity index (χ1n) is 11.8. The van der Waals surface area contributed by atoms with Gasteiger partial charge >= 0.3 is 11.7 Å². The number of amides is 1. The Hall–Kier alpha value is -3.35. The van der Waals surface area contributed by atoms with Crippen LogP contribution >= 0.6 is 0 Å². The van der Waals surface area contributed by atoms with Crippen molar-refractivity contribution in [2.45, 2.75) is 81.3 Å². The molecule has 0 radical (unpaired) electrons. The number of carboxylic acid groups (broad SMARTS) is 1. The van der Waals surface area contributed by atoms with Gasteiger partial charge in [-0.3, -0.25) is 19.1 Å². The molecule has 18 nitrogen and oxygen atoms in total. The van der Waals surface area contributed by atoms with E-state index in [9.17, 15) is 44.7 Å². The fourth-order valence-corrected chi connectivity index (χ4v) is 4.52. The van der Waals surface area contributed by atoms with Crippen LogP contribution in [-0.4, -0.2) is 109 Å². The third kappa shape index (κ3) is 6.45. The number of aromatic nitrogens is 2. The van der Waals surface area contributed by atoms with Crippen molar-refractivity contribution in [2.75, 3.05) is 13.2 Å². The van der Waals surface area contributed by atoms with E-state index in [4.69, 9.17) is 19.7 Å². The Bertz CT molecular complexity index is 1230. The number of aliphatic carboxylic acids is 1.